The fourth-order valence-electron chi connectivity index (χ4n) is 3.56. The number of ether oxygens (including phenoxy) is 2. The smallest absolute Gasteiger partial charge is 0.191 e. The van der Waals surface area contributed by atoms with Gasteiger partial charge in [0.1, 0.15) is 5.75 Å². The van der Waals surface area contributed by atoms with E-state index < -0.39 is 0 Å². The van der Waals surface area contributed by atoms with Gasteiger partial charge in [0, 0.05) is 31.7 Å². The zero-order chi connectivity index (χ0) is 20.3. The monoisotopic (exact) mass is 524 g/mol. The summed E-state index contributed by atoms with van der Waals surface area (Å²) in [6.45, 7) is 7.68. The minimum absolute atomic E-state index is 0. The van der Waals surface area contributed by atoms with Crippen LogP contribution in [0.4, 0.5) is 0 Å². The van der Waals surface area contributed by atoms with Crippen LogP contribution in [0.2, 0.25) is 0 Å². The molecule has 1 saturated heterocycles. The van der Waals surface area contributed by atoms with Crippen molar-refractivity contribution in [1.29, 1.82) is 0 Å². The second kappa shape index (κ2) is 13.5. The van der Waals surface area contributed by atoms with Crippen molar-refractivity contribution in [2.75, 3.05) is 46.5 Å². The number of para-hydroxylation sites is 1. The maximum absolute atomic E-state index is 5.55. The maximum Gasteiger partial charge on any atom is 0.191 e. The van der Waals surface area contributed by atoms with E-state index in [2.05, 4.69) is 52.8 Å². The number of nitrogens with zero attached hydrogens (tertiary/aromatic N) is 2. The van der Waals surface area contributed by atoms with Gasteiger partial charge in [0.15, 0.2) is 5.96 Å². The number of hydrogen-bond donors (Lipinski definition) is 2. The van der Waals surface area contributed by atoms with Crippen LogP contribution < -0.4 is 15.4 Å². The van der Waals surface area contributed by atoms with E-state index in [0.29, 0.717) is 6.54 Å². The quantitative estimate of drug-likeness (QED) is 0.315. The van der Waals surface area contributed by atoms with E-state index in [4.69, 9.17) is 14.5 Å². The van der Waals surface area contributed by atoms with Crippen molar-refractivity contribution < 1.29 is 9.47 Å². The van der Waals surface area contributed by atoms with Gasteiger partial charge in [0.2, 0.25) is 0 Å². The number of rotatable bonds is 8. The van der Waals surface area contributed by atoms with Crippen LogP contribution in [0.1, 0.15) is 24.1 Å². The Morgan fingerprint density at radius 3 is 2.47 bits per heavy atom. The zero-order valence-corrected chi connectivity index (χ0v) is 20.2. The number of hydrogen-bond acceptors (Lipinski definition) is 4. The molecule has 1 heterocycles. The lowest BCUT2D eigenvalue weighted by Crippen LogP contribution is -2.46. The summed E-state index contributed by atoms with van der Waals surface area (Å²) in [5.74, 6) is 1.68. The van der Waals surface area contributed by atoms with E-state index in [0.717, 1.165) is 56.7 Å². The molecule has 0 aromatic heterocycles. The van der Waals surface area contributed by atoms with Crippen molar-refractivity contribution in [3.8, 4) is 5.75 Å². The van der Waals surface area contributed by atoms with Gasteiger partial charge >= 0.3 is 0 Å². The highest BCUT2D eigenvalue weighted by atomic mass is 127. The van der Waals surface area contributed by atoms with Gasteiger partial charge in [0.05, 0.1) is 32.9 Å². The first-order valence-corrected chi connectivity index (χ1v) is 10.3. The molecule has 1 aliphatic rings. The van der Waals surface area contributed by atoms with E-state index in [1.807, 2.05) is 24.3 Å². The average Bonchev–Trinajstić information content (AvgIpc) is 2.79. The van der Waals surface area contributed by atoms with Crippen molar-refractivity contribution in [3.63, 3.8) is 0 Å². The van der Waals surface area contributed by atoms with Crippen LogP contribution in [-0.4, -0.2) is 57.4 Å². The van der Waals surface area contributed by atoms with Crippen molar-refractivity contribution >= 4 is 29.9 Å². The first-order chi connectivity index (χ1) is 14.3. The molecule has 1 atom stereocenters. The number of morpholine rings is 1. The standard InChI is InChI=1S/C23H32N4O2.HI/c1-3-24-23(25-17-20-11-7-8-12-22(20)28-2)26-18-21(19-9-5-4-6-10-19)27-13-15-29-16-14-27;/h4-12,21H,3,13-18H2,1-2H3,(H2,24,25,26);1H. The van der Waals surface area contributed by atoms with Crippen molar-refractivity contribution in [1.82, 2.24) is 15.5 Å². The van der Waals surface area contributed by atoms with Crippen LogP contribution in [0.3, 0.4) is 0 Å². The lowest BCUT2D eigenvalue weighted by Gasteiger charge is -2.35. The molecule has 0 bridgehead atoms. The summed E-state index contributed by atoms with van der Waals surface area (Å²) in [4.78, 5) is 7.26. The molecule has 7 heteroatoms. The SMILES string of the molecule is CCNC(=NCc1ccccc1OC)NCC(c1ccccc1)N1CCOCC1.I. The van der Waals surface area contributed by atoms with Crippen molar-refractivity contribution in [2.45, 2.75) is 19.5 Å². The fraction of sp³-hybridized carbons (Fsp3) is 0.435. The van der Waals surface area contributed by atoms with Gasteiger partial charge in [0.25, 0.3) is 0 Å². The predicted molar refractivity (Wildman–Crippen MR) is 133 cm³/mol. The average molecular weight is 524 g/mol. The molecule has 0 saturated carbocycles. The molecule has 164 valence electrons. The third kappa shape index (κ3) is 7.14. The molecule has 2 aromatic carbocycles. The minimum Gasteiger partial charge on any atom is -0.496 e. The Hall–Kier alpha value is -1.84. The Labute approximate surface area is 197 Å². The summed E-state index contributed by atoms with van der Waals surface area (Å²) < 4.78 is 11.0. The molecule has 0 aliphatic carbocycles. The van der Waals surface area contributed by atoms with E-state index in [1.165, 1.54) is 5.56 Å². The Morgan fingerprint density at radius 2 is 1.77 bits per heavy atom. The Kier molecular flexibility index (Phi) is 11.0. The molecular weight excluding hydrogens is 491 g/mol. The minimum atomic E-state index is 0. The first-order valence-electron chi connectivity index (χ1n) is 10.3. The Bertz CT molecular complexity index is 767. The molecule has 6 nitrogen and oxygen atoms in total. The maximum atomic E-state index is 5.55. The van der Waals surface area contributed by atoms with Gasteiger partial charge in [-0.25, -0.2) is 4.99 Å². The second-order valence-corrected chi connectivity index (χ2v) is 6.96. The highest BCUT2D eigenvalue weighted by Gasteiger charge is 2.22. The van der Waals surface area contributed by atoms with E-state index in [1.54, 1.807) is 7.11 Å². The summed E-state index contributed by atoms with van der Waals surface area (Å²) in [5, 5.41) is 6.89. The molecule has 2 aromatic rings. The number of halogens is 1. The second-order valence-electron chi connectivity index (χ2n) is 6.96. The summed E-state index contributed by atoms with van der Waals surface area (Å²) in [5.41, 5.74) is 2.38. The third-order valence-electron chi connectivity index (χ3n) is 5.08. The van der Waals surface area contributed by atoms with Crippen molar-refractivity contribution in [3.05, 3.63) is 65.7 Å². The summed E-state index contributed by atoms with van der Waals surface area (Å²) >= 11 is 0. The van der Waals surface area contributed by atoms with Gasteiger partial charge in [-0.2, -0.15) is 0 Å². The number of methoxy groups -OCH3 is 1. The predicted octanol–water partition coefficient (Wildman–Crippen LogP) is 3.44. The number of nitrogens with one attached hydrogen (secondary N) is 2. The summed E-state index contributed by atoms with van der Waals surface area (Å²) in [6.07, 6.45) is 0. The number of benzene rings is 2. The zero-order valence-electron chi connectivity index (χ0n) is 17.8. The molecule has 0 amide bonds. The highest BCUT2D eigenvalue weighted by molar-refractivity contribution is 14.0. The van der Waals surface area contributed by atoms with Gasteiger partial charge in [-0.3, -0.25) is 4.90 Å². The highest BCUT2D eigenvalue weighted by Crippen LogP contribution is 2.21. The van der Waals surface area contributed by atoms with Crippen LogP contribution in [0, 0.1) is 0 Å². The molecule has 2 N–H and O–H groups in total. The molecule has 1 unspecified atom stereocenters. The number of guanidine groups is 1. The third-order valence-corrected chi connectivity index (χ3v) is 5.08. The molecule has 1 aliphatic heterocycles. The molecular formula is C23H33IN4O2. The molecule has 0 radical (unpaired) electrons. The van der Waals surface area contributed by atoms with Gasteiger partial charge in [-0.1, -0.05) is 48.5 Å². The lowest BCUT2D eigenvalue weighted by atomic mass is 10.0. The lowest BCUT2D eigenvalue weighted by molar-refractivity contribution is 0.0170. The van der Waals surface area contributed by atoms with Crippen LogP contribution in [0.25, 0.3) is 0 Å². The summed E-state index contributed by atoms with van der Waals surface area (Å²) in [6, 6.07) is 18.9. The molecule has 3 rings (SSSR count). The van der Waals surface area contributed by atoms with Crippen LogP contribution in [0.15, 0.2) is 59.6 Å². The van der Waals surface area contributed by atoms with Crippen LogP contribution in [-0.2, 0) is 11.3 Å². The fourth-order valence-corrected chi connectivity index (χ4v) is 3.56. The molecule has 1 fully saturated rings. The van der Waals surface area contributed by atoms with Crippen LogP contribution in [0.5, 0.6) is 5.75 Å². The van der Waals surface area contributed by atoms with Crippen molar-refractivity contribution in [2.24, 2.45) is 4.99 Å². The first kappa shape index (κ1) is 24.4. The van der Waals surface area contributed by atoms with E-state index in [9.17, 15) is 0 Å². The van der Waals surface area contributed by atoms with Gasteiger partial charge in [-0.05, 0) is 18.6 Å². The van der Waals surface area contributed by atoms with E-state index in [-0.39, 0.29) is 30.0 Å². The topological polar surface area (TPSA) is 58.1 Å². The summed E-state index contributed by atoms with van der Waals surface area (Å²) in [7, 11) is 1.69. The molecule has 0 spiro atoms. The van der Waals surface area contributed by atoms with E-state index >= 15 is 0 Å². The number of aliphatic imine (C=N–C) groups is 1. The Balaban J connectivity index is 0.00000320. The van der Waals surface area contributed by atoms with Gasteiger partial charge < -0.3 is 20.1 Å². The molecule has 30 heavy (non-hydrogen) atoms. The van der Waals surface area contributed by atoms with Gasteiger partial charge in [-0.15, -0.1) is 24.0 Å². The van der Waals surface area contributed by atoms with Crippen LogP contribution >= 0.6 is 24.0 Å². The largest absolute Gasteiger partial charge is 0.496 e. The Morgan fingerprint density at radius 1 is 1.07 bits per heavy atom. The normalized spacial score (nSPS) is 15.7.